The minimum Gasteiger partial charge on any atom is -0.462 e. The molecule has 1 aliphatic rings. The Labute approximate surface area is 122 Å². The van der Waals surface area contributed by atoms with Gasteiger partial charge < -0.3 is 4.74 Å². The van der Waals surface area contributed by atoms with Gasteiger partial charge >= 0.3 is 5.97 Å². The number of carbonyl (C=O) groups excluding carboxylic acids is 1. The molecule has 0 aliphatic heterocycles. The van der Waals surface area contributed by atoms with Crippen molar-refractivity contribution in [2.75, 3.05) is 6.61 Å². The van der Waals surface area contributed by atoms with E-state index in [-0.39, 0.29) is 11.8 Å². The maximum Gasteiger partial charge on any atom is 0.339 e. The standard InChI is InChI=1S/C16H15FN2O2/c1-2-21-16(20)12-6-8-14(19-15(12)10-3-4-10)13-7-5-11(17)9-18-13/h5-10H,2-4H2,1H3. The van der Waals surface area contributed by atoms with Crippen LogP contribution in [0.5, 0.6) is 0 Å². The van der Waals surface area contributed by atoms with Gasteiger partial charge in [0, 0.05) is 5.92 Å². The van der Waals surface area contributed by atoms with E-state index in [1.165, 1.54) is 6.07 Å². The van der Waals surface area contributed by atoms with E-state index in [1.54, 1.807) is 25.1 Å². The molecule has 0 spiro atoms. The van der Waals surface area contributed by atoms with Crippen molar-refractivity contribution in [2.45, 2.75) is 25.7 Å². The molecule has 0 saturated heterocycles. The Balaban J connectivity index is 1.99. The lowest BCUT2D eigenvalue weighted by Crippen LogP contribution is -2.09. The smallest absolute Gasteiger partial charge is 0.339 e. The summed E-state index contributed by atoms with van der Waals surface area (Å²) < 4.78 is 18.0. The van der Waals surface area contributed by atoms with Crippen molar-refractivity contribution in [2.24, 2.45) is 0 Å². The van der Waals surface area contributed by atoms with Gasteiger partial charge in [0.15, 0.2) is 0 Å². The number of aromatic nitrogens is 2. The highest BCUT2D eigenvalue weighted by atomic mass is 19.1. The highest BCUT2D eigenvalue weighted by Crippen LogP contribution is 2.41. The van der Waals surface area contributed by atoms with E-state index >= 15 is 0 Å². The first kappa shape index (κ1) is 13.7. The van der Waals surface area contributed by atoms with Crippen molar-refractivity contribution >= 4 is 5.97 Å². The van der Waals surface area contributed by atoms with Crippen LogP contribution in [-0.4, -0.2) is 22.5 Å². The van der Waals surface area contributed by atoms with Crippen LogP contribution in [0.3, 0.4) is 0 Å². The summed E-state index contributed by atoms with van der Waals surface area (Å²) in [5, 5.41) is 0. The molecule has 1 fully saturated rings. The first-order chi connectivity index (χ1) is 10.2. The third-order valence-electron chi connectivity index (χ3n) is 3.37. The highest BCUT2D eigenvalue weighted by molar-refractivity contribution is 5.91. The van der Waals surface area contributed by atoms with Crippen molar-refractivity contribution in [3.05, 3.63) is 47.5 Å². The number of esters is 1. The van der Waals surface area contributed by atoms with Crippen LogP contribution in [0, 0.1) is 5.82 Å². The summed E-state index contributed by atoms with van der Waals surface area (Å²) in [7, 11) is 0. The molecule has 0 amide bonds. The summed E-state index contributed by atoms with van der Waals surface area (Å²) in [6.07, 6.45) is 3.21. The van der Waals surface area contributed by atoms with Gasteiger partial charge in [-0.3, -0.25) is 4.98 Å². The predicted octanol–water partition coefficient (Wildman–Crippen LogP) is 3.34. The lowest BCUT2D eigenvalue weighted by molar-refractivity contribution is 0.0524. The maximum absolute atomic E-state index is 12.9. The molecule has 0 bridgehead atoms. The van der Waals surface area contributed by atoms with Crippen molar-refractivity contribution in [3.63, 3.8) is 0 Å². The number of pyridine rings is 2. The Morgan fingerprint density at radius 1 is 1.29 bits per heavy atom. The number of carbonyl (C=O) groups is 1. The Morgan fingerprint density at radius 3 is 2.67 bits per heavy atom. The van der Waals surface area contributed by atoms with Crippen LogP contribution in [0.4, 0.5) is 4.39 Å². The van der Waals surface area contributed by atoms with E-state index < -0.39 is 0 Å². The lowest BCUT2D eigenvalue weighted by atomic mass is 10.1. The SMILES string of the molecule is CCOC(=O)c1ccc(-c2ccc(F)cn2)nc1C1CC1. The molecule has 1 aliphatic carbocycles. The van der Waals surface area contributed by atoms with Crippen molar-refractivity contribution in [3.8, 4) is 11.4 Å². The Morgan fingerprint density at radius 2 is 2.05 bits per heavy atom. The second-order valence-corrected chi connectivity index (χ2v) is 4.99. The van der Waals surface area contributed by atoms with E-state index in [1.807, 2.05) is 0 Å². The predicted molar refractivity (Wildman–Crippen MR) is 75.4 cm³/mol. The van der Waals surface area contributed by atoms with Gasteiger partial charge in [0.25, 0.3) is 0 Å². The van der Waals surface area contributed by atoms with Crippen LogP contribution < -0.4 is 0 Å². The van der Waals surface area contributed by atoms with Crippen LogP contribution in [0.2, 0.25) is 0 Å². The van der Waals surface area contributed by atoms with Crippen LogP contribution in [0.25, 0.3) is 11.4 Å². The number of halogens is 1. The summed E-state index contributed by atoms with van der Waals surface area (Å²) in [5.41, 5.74) is 2.51. The molecule has 4 nitrogen and oxygen atoms in total. The normalized spacial score (nSPS) is 14.0. The third-order valence-corrected chi connectivity index (χ3v) is 3.37. The van der Waals surface area contributed by atoms with E-state index in [9.17, 15) is 9.18 Å². The Kier molecular flexibility index (Phi) is 3.64. The van der Waals surface area contributed by atoms with Crippen LogP contribution in [0.1, 0.15) is 41.7 Å². The minimum absolute atomic E-state index is 0.310. The fraction of sp³-hybridized carbons (Fsp3) is 0.312. The molecule has 0 unspecified atom stereocenters. The zero-order valence-electron chi connectivity index (χ0n) is 11.7. The minimum atomic E-state index is -0.385. The van der Waals surface area contributed by atoms with Crippen molar-refractivity contribution < 1.29 is 13.9 Å². The zero-order valence-corrected chi connectivity index (χ0v) is 11.7. The second-order valence-electron chi connectivity index (χ2n) is 4.99. The second kappa shape index (κ2) is 5.60. The molecule has 2 aromatic heterocycles. The van der Waals surface area contributed by atoms with Crippen molar-refractivity contribution in [1.29, 1.82) is 0 Å². The van der Waals surface area contributed by atoms with Gasteiger partial charge in [0.05, 0.1) is 35.4 Å². The summed E-state index contributed by atoms with van der Waals surface area (Å²) in [6.45, 7) is 2.11. The average molecular weight is 286 g/mol. The van der Waals surface area contributed by atoms with Crippen LogP contribution in [-0.2, 0) is 4.74 Å². The number of ether oxygens (including phenoxy) is 1. The summed E-state index contributed by atoms with van der Waals surface area (Å²) in [6, 6.07) is 6.37. The summed E-state index contributed by atoms with van der Waals surface area (Å²) in [5.74, 6) is -0.417. The lowest BCUT2D eigenvalue weighted by Gasteiger charge is -2.09. The number of hydrogen-bond acceptors (Lipinski definition) is 4. The fourth-order valence-corrected chi connectivity index (χ4v) is 2.19. The van der Waals surface area contributed by atoms with Crippen LogP contribution >= 0.6 is 0 Å². The fourth-order valence-electron chi connectivity index (χ4n) is 2.19. The molecule has 0 radical (unpaired) electrons. The summed E-state index contributed by atoms with van der Waals surface area (Å²) in [4.78, 5) is 20.5. The van der Waals surface area contributed by atoms with E-state index in [2.05, 4.69) is 9.97 Å². The molecule has 2 aromatic rings. The number of hydrogen-bond donors (Lipinski definition) is 0. The molecule has 5 heteroatoms. The zero-order chi connectivity index (χ0) is 14.8. The molecular formula is C16H15FN2O2. The molecule has 21 heavy (non-hydrogen) atoms. The van der Waals surface area contributed by atoms with Gasteiger partial charge in [-0.05, 0) is 44.0 Å². The largest absolute Gasteiger partial charge is 0.462 e. The van der Waals surface area contributed by atoms with E-state index in [0.717, 1.165) is 24.7 Å². The average Bonchev–Trinajstić information content (AvgIpc) is 3.32. The maximum atomic E-state index is 12.9. The molecular weight excluding hydrogens is 271 g/mol. The number of nitrogens with zero attached hydrogens (tertiary/aromatic N) is 2. The van der Waals surface area contributed by atoms with Crippen LogP contribution in [0.15, 0.2) is 30.5 Å². The van der Waals surface area contributed by atoms with Gasteiger partial charge in [-0.25, -0.2) is 14.2 Å². The molecule has 0 aromatic carbocycles. The Bertz CT molecular complexity index is 666. The van der Waals surface area contributed by atoms with E-state index in [4.69, 9.17) is 4.74 Å². The third kappa shape index (κ3) is 2.91. The number of rotatable bonds is 4. The first-order valence-corrected chi connectivity index (χ1v) is 6.99. The highest BCUT2D eigenvalue weighted by Gasteiger charge is 2.30. The Hall–Kier alpha value is -2.30. The molecule has 0 atom stereocenters. The molecule has 2 heterocycles. The quantitative estimate of drug-likeness (QED) is 0.809. The van der Waals surface area contributed by atoms with Gasteiger partial charge in [-0.15, -0.1) is 0 Å². The molecule has 108 valence electrons. The van der Waals surface area contributed by atoms with Gasteiger partial charge in [0.1, 0.15) is 5.82 Å². The van der Waals surface area contributed by atoms with Crippen molar-refractivity contribution in [1.82, 2.24) is 9.97 Å². The molecule has 1 saturated carbocycles. The van der Waals surface area contributed by atoms with E-state index in [0.29, 0.717) is 29.5 Å². The monoisotopic (exact) mass is 286 g/mol. The molecule has 3 rings (SSSR count). The van der Waals surface area contributed by atoms with Gasteiger partial charge in [-0.2, -0.15) is 0 Å². The van der Waals surface area contributed by atoms with Gasteiger partial charge in [0.2, 0.25) is 0 Å². The summed E-state index contributed by atoms with van der Waals surface area (Å²) >= 11 is 0. The molecule has 0 N–H and O–H groups in total. The first-order valence-electron chi connectivity index (χ1n) is 6.99. The topological polar surface area (TPSA) is 52.1 Å². The van der Waals surface area contributed by atoms with Gasteiger partial charge in [-0.1, -0.05) is 0 Å².